The molecule has 1 unspecified atom stereocenters. The molecule has 0 bridgehead atoms. The molecule has 1 aromatic rings. The first-order valence-electron chi connectivity index (χ1n) is 6.84. The first kappa shape index (κ1) is 12.6. The second-order valence-electron chi connectivity index (χ2n) is 5.04. The van der Waals surface area contributed by atoms with Crippen LogP contribution >= 0.6 is 0 Å². The zero-order valence-electron chi connectivity index (χ0n) is 10.9. The molecule has 0 aromatic heterocycles. The van der Waals surface area contributed by atoms with E-state index in [1.54, 1.807) is 0 Å². The Morgan fingerprint density at radius 2 is 1.82 bits per heavy atom. The highest BCUT2D eigenvalue weighted by atomic mass is 15.1. The molecule has 1 aliphatic rings. The van der Waals surface area contributed by atoms with Crippen molar-refractivity contribution in [1.82, 2.24) is 4.90 Å². The lowest BCUT2D eigenvalue weighted by Gasteiger charge is -2.22. The number of aryl methyl sites for hydroxylation is 1. The third-order valence-electron chi connectivity index (χ3n) is 3.82. The molecule has 94 valence electrons. The Morgan fingerprint density at radius 3 is 2.35 bits per heavy atom. The fourth-order valence-electron chi connectivity index (χ4n) is 2.62. The molecule has 1 atom stereocenters. The summed E-state index contributed by atoms with van der Waals surface area (Å²) in [6.45, 7) is 6.58. The van der Waals surface area contributed by atoms with Crippen molar-refractivity contribution in [2.24, 2.45) is 5.73 Å². The standard InChI is InChI=1S/C15H24N2/c1-2-13-5-7-14(8-6-13)15(11-16)12-17-9-3-4-10-17/h5-8,15H,2-4,9-12,16H2,1H3. The third-order valence-corrected chi connectivity index (χ3v) is 3.82. The molecule has 17 heavy (non-hydrogen) atoms. The molecule has 0 aliphatic carbocycles. The number of benzene rings is 1. The van der Waals surface area contributed by atoms with Gasteiger partial charge in [0, 0.05) is 19.0 Å². The third kappa shape index (κ3) is 3.30. The Labute approximate surface area is 105 Å². The second kappa shape index (κ2) is 6.18. The zero-order valence-corrected chi connectivity index (χ0v) is 10.9. The molecule has 2 nitrogen and oxygen atoms in total. The number of rotatable bonds is 5. The van der Waals surface area contributed by atoms with Crippen molar-refractivity contribution in [3.05, 3.63) is 35.4 Å². The summed E-state index contributed by atoms with van der Waals surface area (Å²) in [5, 5.41) is 0. The van der Waals surface area contributed by atoms with Crippen molar-refractivity contribution in [3.63, 3.8) is 0 Å². The highest BCUT2D eigenvalue weighted by Crippen LogP contribution is 2.19. The average molecular weight is 232 g/mol. The van der Waals surface area contributed by atoms with Crippen LogP contribution in [-0.2, 0) is 6.42 Å². The van der Waals surface area contributed by atoms with Crippen LogP contribution in [0.4, 0.5) is 0 Å². The van der Waals surface area contributed by atoms with E-state index >= 15 is 0 Å². The molecule has 1 saturated heterocycles. The van der Waals surface area contributed by atoms with E-state index in [0.29, 0.717) is 5.92 Å². The summed E-state index contributed by atoms with van der Waals surface area (Å²) in [4.78, 5) is 2.55. The first-order valence-corrected chi connectivity index (χ1v) is 6.84. The number of hydrogen-bond acceptors (Lipinski definition) is 2. The van der Waals surface area contributed by atoms with Gasteiger partial charge in [-0.2, -0.15) is 0 Å². The van der Waals surface area contributed by atoms with Gasteiger partial charge in [-0.05, 0) is 43.5 Å². The zero-order chi connectivity index (χ0) is 12.1. The maximum absolute atomic E-state index is 5.93. The Balaban J connectivity index is 2.00. The predicted octanol–water partition coefficient (Wildman–Crippen LogP) is 2.39. The molecule has 2 rings (SSSR count). The van der Waals surface area contributed by atoms with Crippen molar-refractivity contribution in [2.75, 3.05) is 26.2 Å². The topological polar surface area (TPSA) is 29.3 Å². The lowest BCUT2D eigenvalue weighted by Crippen LogP contribution is -2.29. The van der Waals surface area contributed by atoms with Crippen molar-refractivity contribution < 1.29 is 0 Å². The highest BCUT2D eigenvalue weighted by Gasteiger charge is 2.17. The summed E-state index contributed by atoms with van der Waals surface area (Å²) < 4.78 is 0. The van der Waals surface area contributed by atoms with Crippen molar-refractivity contribution >= 4 is 0 Å². The monoisotopic (exact) mass is 232 g/mol. The highest BCUT2D eigenvalue weighted by molar-refractivity contribution is 5.26. The maximum Gasteiger partial charge on any atom is 0.00888 e. The van der Waals surface area contributed by atoms with Crippen LogP contribution in [-0.4, -0.2) is 31.1 Å². The van der Waals surface area contributed by atoms with Crippen LogP contribution in [0.1, 0.15) is 36.8 Å². The molecule has 0 spiro atoms. The van der Waals surface area contributed by atoms with Crippen LogP contribution in [0.3, 0.4) is 0 Å². The van der Waals surface area contributed by atoms with Crippen LogP contribution in [0.25, 0.3) is 0 Å². The van der Waals surface area contributed by atoms with Crippen molar-refractivity contribution in [2.45, 2.75) is 32.1 Å². The normalized spacial score (nSPS) is 18.5. The van der Waals surface area contributed by atoms with Gasteiger partial charge in [0.1, 0.15) is 0 Å². The molecule has 0 radical (unpaired) electrons. The molecule has 2 N–H and O–H groups in total. The molecule has 0 amide bonds. The van der Waals surface area contributed by atoms with E-state index in [0.717, 1.165) is 19.5 Å². The summed E-state index contributed by atoms with van der Waals surface area (Å²) in [7, 11) is 0. The SMILES string of the molecule is CCc1ccc(C(CN)CN2CCCC2)cc1. The van der Waals surface area contributed by atoms with Crippen molar-refractivity contribution in [3.8, 4) is 0 Å². The Morgan fingerprint density at radius 1 is 1.18 bits per heavy atom. The summed E-state index contributed by atoms with van der Waals surface area (Å²) >= 11 is 0. The summed E-state index contributed by atoms with van der Waals surface area (Å²) in [6.07, 6.45) is 3.82. The van der Waals surface area contributed by atoms with E-state index < -0.39 is 0 Å². The lowest BCUT2D eigenvalue weighted by atomic mass is 9.97. The molecule has 0 saturated carbocycles. The average Bonchev–Trinajstić information content (AvgIpc) is 2.89. The van der Waals surface area contributed by atoms with Crippen LogP contribution in [0.2, 0.25) is 0 Å². The minimum Gasteiger partial charge on any atom is -0.330 e. The van der Waals surface area contributed by atoms with Crippen LogP contribution in [0, 0.1) is 0 Å². The Hall–Kier alpha value is -0.860. The quantitative estimate of drug-likeness (QED) is 0.844. The van der Waals surface area contributed by atoms with Gasteiger partial charge in [0.15, 0.2) is 0 Å². The van der Waals surface area contributed by atoms with E-state index in [1.165, 1.54) is 37.1 Å². The molecular weight excluding hydrogens is 208 g/mol. The van der Waals surface area contributed by atoms with Gasteiger partial charge in [-0.25, -0.2) is 0 Å². The molecular formula is C15H24N2. The number of nitrogens with two attached hydrogens (primary N) is 1. The van der Waals surface area contributed by atoms with Crippen LogP contribution < -0.4 is 5.73 Å². The Kier molecular flexibility index (Phi) is 4.57. The van der Waals surface area contributed by atoms with Gasteiger partial charge in [0.05, 0.1) is 0 Å². The van der Waals surface area contributed by atoms with Gasteiger partial charge in [0.25, 0.3) is 0 Å². The predicted molar refractivity (Wildman–Crippen MR) is 73.3 cm³/mol. The molecule has 1 aliphatic heterocycles. The smallest absolute Gasteiger partial charge is 0.00888 e. The summed E-state index contributed by atoms with van der Waals surface area (Å²) in [5.41, 5.74) is 8.73. The van der Waals surface area contributed by atoms with Gasteiger partial charge >= 0.3 is 0 Å². The number of nitrogens with zero attached hydrogens (tertiary/aromatic N) is 1. The summed E-state index contributed by atoms with van der Waals surface area (Å²) in [6, 6.07) is 8.99. The van der Waals surface area contributed by atoms with Gasteiger partial charge in [0.2, 0.25) is 0 Å². The van der Waals surface area contributed by atoms with Gasteiger partial charge in [-0.15, -0.1) is 0 Å². The largest absolute Gasteiger partial charge is 0.330 e. The van der Waals surface area contributed by atoms with E-state index in [-0.39, 0.29) is 0 Å². The fraction of sp³-hybridized carbons (Fsp3) is 0.600. The fourth-order valence-corrected chi connectivity index (χ4v) is 2.62. The lowest BCUT2D eigenvalue weighted by molar-refractivity contribution is 0.315. The molecule has 2 heteroatoms. The van der Waals surface area contributed by atoms with Crippen molar-refractivity contribution in [1.29, 1.82) is 0 Å². The number of hydrogen-bond donors (Lipinski definition) is 1. The minimum absolute atomic E-state index is 0.499. The summed E-state index contributed by atoms with van der Waals surface area (Å²) in [5.74, 6) is 0.499. The first-order chi connectivity index (χ1) is 8.33. The van der Waals surface area contributed by atoms with E-state index in [2.05, 4.69) is 36.1 Å². The van der Waals surface area contributed by atoms with Gasteiger partial charge in [-0.1, -0.05) is 31.2 Å². The van der Waals surface area contributed by atoms with Gasteiger partial charge < -0.3 is 10.6 Å². The molecule has 1 fully saturated rings. The van der Waals surface area contributed by atoms with Gasteiger partial charge in [-0.3, -0.25) is 0 Å². The minimum atomic E-state index is 0.499. The number of likely N-dealkylation sites (tertiary alicyclic amines) is 1. The maximum atomic E-state index is 5.93. The van der Waals surface area contributed by atoms with E-state index in [4.69, 9.17) is 5.73 Å². The Bertz CT molecular complexity index is 325. The van der Waals surface area contributed by atoms with E-state index in [9.17, 15) is 0 Å². The molecule has 1 aromatic carbocycles. The van der Waals surface area contributed by atoms with Crippen LogP contribution in [0.15, 0.2) is 24.3 Å². The molecule has 1 heterocycles. The second-order valence-corrected chi connectivity index (χ2v) is 5.04. The van der Waals surface area contributed by atoms with Crippen LogP contribution in [0.5, 0.6) is 0 Å². The van der Waals surface area contributed by atoms with E-state index in [1.807, 2.05) is 0 Å².